The third kappa shape index (κ3) is 2.46. The van der Waals surface area contributed by atoms with Crippen LogP contribution < -0.4 is 5.32 Å². The van der Waals surface area contributed by atoms with E-state index in [1.807, 2.05) is 32.0 Å². The molecule has 2 nitrogen and oxygen atoms in total. The first-order chi connectivity index (χ1) is 6.15. The maximum absolute atomic E-state index is 8.63. The molecule has 0 bridgehead atoms. The van der Waals surface area contributed by atoms with Gasteiger partial charge in [-0.15, -0.1) is 0 Å². The van der Waals surface area contributed by atoms with Gasteiger partial charge in [-0.2, -0.15) is 5.26 Å². The molecule has 0 fully saturated rings. The Labute approximate surface area is 86.7 Å². The Morgan fingerprint density at radius 3 is 2.85 bits per heavy atom. The lowest BCUT2D eigenvalue weighted by Crippen LogP contribution is -2.12. The Morgan fingerprint density at radius 1 is 1.54 bits per heavy atom. The van der Waals surface area contributed by atoms with Gasteiger partial charge in [0.2, 0.25) is 0 Å². The topological polar surface area (TPSA) is 35.8 Å². The largest absolute Gasteiger partial charge is 0.369 e. The zero-order chi connectivity index (χ0) is 9.84. The summed E-state index contributed by atoms with van der Waals surface area (Å²) >= 11 is 3.47. The van der Waals surface area contributed by atoms with E-state index in [1.54, 1.807) is 0 Å². The molecule has 1 rings (SSSR count). The van der Waals surface area contributed by atoms with Crippen LogP contribution >= 0.6 is 15.9 Å². The minimum Gasteiger partial charge on any atom is -0.369 e. The van der Waals surface area contributed by atoms with Crippen molar-refractivity contribution >= 4 is 21.6 Å². The molecule has 0 spiro atoms. The Bertz CT molecular complexity index is 341. The summed E-state index contributed by atoms with van der Waals surface area (Å²) in [6, 6.07) is 7.89. The highest BCUT2D eigenvalue weighted by Gasteiger charge is 2.04. The Balaban J connectivity index is 2.90. The summed E-state index contributed by atoms with van der Waals surface area (Å²) in [7, 11) is 0. The first-order valence-electron chi connectivity index (χ1n) is 4.06. The maximum atomic E-state index is 8.63. The van der Waals surface area contributed by atoms with Crippen molar-refractivity contribution in [3.8, 4) is 6.07 Å². The van der Waals surface area contributed by atoms with Gasteiger partial charge in [0.25, 0.3) is 0 Å². The van der Waals surface area contributed by atoms with Gasteiger partial charge in [-0.3, -0.25) is 0 Å². The van der Waals surface area contributed by atoms with Crippen LogP contribution in [0.15, 0.2) is 22.7 Å². The predicted molar refractivity (Wildman–Crippen MR) is 57.6 cm³/mol. The second-order valence-corrected chi connectivity index (χ2v) is 3.72. The first-order valence-corrected chi connectivity index (χ1v) is 4.85. The van der Waals surface area contributed by atoms with Crippen molar-refractivity contribution in [3.63, 3.8) is 0 Å². The number of anilines is 1. The Morgan fingerprint density at radius 2 is 2.23 bits per heavy atom. The smallest absolute Gasteiger partial charge is 0.111 e. The summed E-state index contributed by atoms with van der Waals surface area (Å²) in [5.41, 5.74) is 2.13. The molecule has 0 aliphatic rings. The number of hydrogen-bond donors (Lipinski definition) is 1. The number of nitrogens with zero attached hydrogens (tertiary/aromatic N) is 1. The van der Waals surface area contributed by atoms with E-state index in [0.29, 0.717) is 0 Å². The molecule has 68 valence electrons. The SMILES string of the molecule is Cc1cccc(NC(C)C#N)c1Br. The van der Waals surface area contributed by atoms with Crippen molar-refractivity contribution in [2.24, 2.45) is 0 Å². The van der Waals surface area contributed by atoms with E-state index in [2.05, 4.69) is 27.3 Å². The van der Waals surface area contributed by atoms with Crippen LogP contribution in [0.1, 0.15) is 12.5 Å². The van der Waals surface area contributed by atoms with Gasteiger partial charge in [-0.1, -0.05) is 12.1 Å². The van der Waals surface area contributed by atoms with Crippen molar-refractivity contribution < 1.29 is 0 Å². The van der Waals surface area contributed by atoms with Crippen LogP contribution in [0.4, 0.5) is 5.69 Å². The van der Waals surface area contributed by atoms with Gasteiger partial charge in [0.05, 0.1) is 6.07 Å². The average Bonchev–Trinajstić information content (AvgIpc) is 2.13. The van der Waals surface area contributed by atoms with Crippen molar-refractivity contribution in [2.75, 3.05) is 5.32 Å². The maximum Gasteiger partial charge on any atom is 0.111 e. The van der Waals surface area contributed by atoms with E-state index in [4.69, 9.17) is 5.26 Å². The molecule has 1 aromatic rings. The third-order valence-electron chi connectivity index (χ3n) is 1.76. The van der Waals surface area contributed by atoms with Gasteiger partial charge in [0.1, 0.15) is 6.04 Å². The molecule has 0 saturated carbocycles. The minimum atomic E-state index is -0.168. The normalized spacial score (nSPS) is 11.8. The van der Waals surface area contributed by atoms with Gasteiger partial charge in [0, 0.05) is 10.2 Å². The molecule has 0 saturated heterocycles. The van der Waals surface area contributed by atoms with Gasteiger partial charge in [0.15, 0.2) is 0 Å². The van der Waals surface area contributed by atoms with Crippen LogP contribution in [0.5, 0.6) is 0 Å². The van der Waals surface area contributed by atoms with Crippen LogP contribution in [-0.2, 0) is 0 Å². The highest BCUT2D eigenvalue weighted by molar-refractivity contribution is 9.10. The standard InChI is InChI=1S/C10H11BrN2/c1-7-4-3-5-9(10(7)11)13-8(2)6-12/h3-5,8,13H,1-2H3. The molecule has 1 unspecified atom stereocenters. The fourth-order valence-corrected chi connectivity index (χ4v) is 1.40. The molecule has 0 aromatic heterocycles. The second-order valence-electron chi connectivity index (χ2n) is 2.93. The molecule has 0 amide bonds. The van der Waals surface area contributed by atoms with Crippen LogP contribution in [0, 0.1) is 18.3 Å². The van der Waals surface area contributed by atoms with E-state index in [-0.39, 0.29) is 6.04 Å². The lowest BCUT2D eigenvalue weighted by atomic mass is 10.2. The van der Waals surface area contributed by atoms with E-state index < -0.39 is 0 Å². The quantitative estimate of drug-likeness (QED) is 0.860. The van der Waals surface area contributed by atoms with Crippen LogP contribution in [-0.4, -0.2) is 6.04 Å². The molecule has 0 heterocycles. The zero-order valence-corrected chi connectivity index (χ0v) is 9.22. The van der Waals surface area contributed by atoms with E-state index >= 15 is 0 Å². The minimum absolute atomic E-state index is 0.168. The van der Waals surface area contributed by atoms with Crippen molar-refractivity contribution in [1.29, 1.82) is 5.26 Å². The lowest BCUT2D eigenvalue weighted by Gasteiger charge is -2.11. The van der Waals surface area contributed by atoms with Crippen molar-refractivity contribution in [3.05, 3.63) is 28.2 Å². The number of halogens is 1. The number of aryl methyl sites for hydroxylation is 1. The lowest BCUT2D eigenvalue weighted by molar-refractivity contribution is 1.01. The summed E-state index contributed by atoms with van der Waals surface area (Å²) < 4.78 is 1.03. The molecule has 0 aliphatic carbocycles. The van der Waals surface area contributed by atoms with E-state index in [0.717, 1.165) is 15.7 Å². The molecule has 1 atom stereocenters. The molecule has 3 heteroatoms. The van der Waals surface area contributed by atoms with Gasteiger partial charge in [-0.25, -0.2) is 0 Å². The summed E-state index contributed by atoms with van der Waals surface area (Å²) in [5.74, 6) is 0. The first kappa shape index (κ1) is 10.1. The van der Waals surface area contributed by atoms with Crippen LogP contribution in [0.2, 0.25) is 0 Å². The predicted octanol–water partition coefficient (Wildman–Crippen LogP) is 3.08. The molecule has 1 aromatic carbocycles. The Hall–Kier alpha value is -1.01. The van der Waals surface area contributed by atoms with Crippen molar-refractivity contribution in [2.45, 2.75) is 19.9 Å². The highest BCUT2D eigenvalue weighted by Crippen LogP contribution is 2.25. The van der Waals surface area contributed by atoms with Gasteiger partial charge >= 0.3 is 0 Å². The third-order valence-corrected chi connectivity index (χ3v) is 2.81. The summed E-state index contributed by atoms with van der Waals surface area (Å²) in [4.78, 5) is 0. The van der Waals surface area contributed by atoms with Crippen molar-refractivity contribution in [1.82, 2.24) is 0 Å². The number of benzene rings is 1. The van der Waals surface area contributed by atoms with Gasteiger partial charge in [-0.05, 0) is 41.4 Å². The molecule has 0 aliphatic heterocycles. The number of nitriles is 1. The summed E-state index contributed by atoms with van der Waals surface area (Å²) in [6.07, 6.45) is 0. The fourth-order valence-electron chi connectivity index (χ4n) is 1.02. The molecular weight excluding hydrogens is 228 g/mol. The molecule has 0 radical (unpaired) electrons. The fraction of sp³-hybridized carbons (Fsp3) is 0.300. The van der Waals surface area contributed by atoms with Gasteiger partial charge < -0.3 is 5.32 Å². The monoisotopic (exact) mass is 238 g/mol. The number of hydrogen-bond acceptors (Lipinski definition) is 2. The molecule has 1 N–H and O–H groups in total. The van der Waals surface area contributed by atoms with E-state index in [1.165, 1.54) is 0 Å². The second kappa shape index (κ2) is 4.29. The number of nitrogens with one attached hydrogen (secondary N) is 1. The number of rotatable bonds is 2. The van der Waals surface area contributed by atoms with Crippen LogP contribution in [0.25, 0.3) is 0 Å². The average molecular weight is 239 g/mol. The van der Waals surface area contributed by atoms with E-state index in [9.17, 15) is 0 Å². The Kier molecular flexibility index (Phi) is 3.32. The highest BCUT2D eigenvalue weighted by atomic mass is 79.9. The van der Waals surface area contributed by atoms with Crippen LogP contribution in [0.3, 0.4) is 0 Å². The summed E-state index contributed by atoms with van der Waals surface area (Å²) in [6.45, 7) is 3.85. The zero-order valence-electron chi connectivity index (χ0n) is 7.63. The summed E-state index contributed by atoms with van der Waals surface area (Å²) in [5, 5.41) is 11.7. The molecular formula is C10H11BrN2. The molecule has 13 heavy (non-hydrogen) atoms.